The lowest BCUT2D eigenvalue weighted by molar-refractivity contribution is -0.00874. The molecule has 2 aromatic heterocycles. The number of aryl methyl sites for hydroxylation is 2. The van der Waals surface area contributed by atoms with Crippen LogP contribution in [0.25, 0.3) is 0 Å². The predicted octanol–water partition coefficient (Wildman–Crippen LogP) is 3.97. The summed E-state index contributed by atoms with van der Waals surface area (Å²) >= 11 is 0. The molecule has 0 aromatic carbocycles. The molecule has 116 valence electrons. The van der Waals surface area contributed by atoms with Crippen molar-refractivity contribution in [1.29, 1.82) is 0 Å². The summed E-state index contributed by atoms with van der Waals surface area (Å²) in [7, 11) is 0. The van der Waals surface area contributed by atoms with E-state index in [0.29, 0.717) is 22.8 Å². The second-order valence-electron chi connectivity index (χ2n) is 5.76. The van der Waals surface area contributed by atoms with Gasteiger partial charge in [0.05, 0.1) is 0 Å². The van der Waals surface area contributed by atoms with Gasteiger partial charge in [-0.05, 0) is 44.4 Å². The monoisotopic (exact) mass is 304 g/mol. The zero-order valence-electron chi connectivity index (χ0n) is 12.6. The smallest absolute Gasteiger partial charge is 0.293 e. The molecule has 0 radical (unpaired) electrons. The van der Waals surface area contributed by atoms with Gasteiger partial charge in [0.25, 0.3) is 5.92 Å². The summed E-state index contributed by atoms with van der Waals surface area (Å²) in [4.78, 5) is 8.21. The second kappa shape index (κ2) is 5.63. The SMILES string of the molecule is Cc1cccc(C(F)(F)Cc2ccc(OC3CC3)nc2C)n1. The van der Waals surface area contributed by atoms with Gasteiger partial charge in [0.2, 0.25) is 5.88 Å². The lowest BCUT2D eigenvalue weighted by Crippen LogP contribution is -2.20. The van der Waals surface area contributed by atoms with Crippen molar-refractivity contribution in [2.75, 3.05) is 0 Å². The fraction of sp³-hybridized carbons (Fsp3) is 0.412. The minimum Gasteiger partial charge on any atom is -0.474 e. The minimum atomic E-state index is -3.02. The molecule has 3 nitrogen and oxygen atoms in total. The minimum absolute atomic E-state index is 0.204. The molecule has 2 heterocycles. The van der Waals surface area contributed by atoms with E-state index in [2.05, 4.69) is 9.97 Å². The van der Waals surface area contributed by atoms with Gasteiger partial charge in [-0.15, -0.1) is 0 Å². The molecular weight excluding hydrogens is 286 g/mol. The van der Waals surface area contributed by atoms with Crippen molar-refractivity contribution in [2.45, 2.75) is 45.1 Å². The summed E-state index contributed by atoms with van der Waals surface area (Å²) in [6.45, 7) is 3.44. The highest BCUT2D eigenvalue weighted by Crippen LogP contribution is 2.32. The molecule has 0 aliphatic heterocycles. The molecule has 0 spiro atoms. The third kappa shape index (κ3) is 3.40. The molecule has 0 unspecified atom stereocenters. The standard InChI is InChI=1S/C17H18F2N2O/c1-11-4-3-5-15(20-11)17(18,19)10-13-6-9-16(21-12(13)2)22-14-7-8-14/h3-6,9,14H,7-8,10H2,1-2H3. The van der Waals surface area contributed by atoms with Gasteiger partial charge < -0.3 is 4.74 Å². The van der Waals surface area contributed by atoms with Crippen molar-refractivity contribution in [2.24, 2.45) is 0 Å². The Morgan fingerprint density at radius 2 is 1.91 bits per heavy atom. The molecule has 1 saturated carbocycles. The van der Waals surface area contributed by atoms with Crippen LogP contribution >= 0.6 is 0 Å². The molecule has 0 saturated heterocycles. The fourth-order valence-corrected chi connectivity index (χ4v) is 2.25. The van der Waals surface area contributed by atoms with E-state index in [1.54, 1.807) is 38.1 Å². The Morgan fingerprint density at radius 3 is 2.55 bits per heavy atom. The Balaban J connectivity index is 1.79. The van der Waals surface area contributed by atoms with E-state index in [9.17, 15) is 8.78 Å². The van der Waals surface area contributed by atoms with Crippen molar-refractivity contribution in [3.63, 3.8) is 0 Å². The molecule has 1 aliphatic carbocycles. The first-order chi connectivity index (χ1) is 10.4. The lowest BCUT2D eigenvalue weighted by Gasteiger charge is -2.17. The maximum absolute atomic E-state index is 14.4. The number of ether oxygens (including phenoxy) is 1. The van der Waals surface area contributed by atoms with Gasteiger partial charge in [0, 0.05) is 23.9 Å². The predicted molar refractivity (Wildman–Crippen MR) is 79.2 cm³/mol. The first-order valence-electron chi connectivity index (χ1n) is 7.39. The van der Waals surface area contributed by atoms with Gasteiger partial charge in [0.15, 0.2) is 0 Å². The zero-order chi connectivity index (χ0) is 15.7. The molecule has 1 fully saturated rings. The number of aromatic nitrogens is 2. The van der Waals surface area contributed by atoms with E-state index in [-0.39, 0.29) is 11.8 Å². The van der Waals surface area contributed by atoms with Gasteiger partial charge in [-0.25, -0.2) is 4.98 Å². The third-order valence-electron chi connectivity index (χ3n) is 3.66. The van der Waals surface area contributed by atoms with Crippen LogP contribution in [0.2, 0.25) is 0 Å². The van der Waals surface area contributed by atoms with Gasteiger partial charge in [0.1, 0.15) is 11.8 Å². The van der Waals surface area contributed by atoms with Gasteiger partial charge in [-0.2, -0.15) is 8.78 Å². The first kappa shape index (κ1) is 14.9. The number of rotatable bonds is 5. The molecule has 22 heavy (non-hydrogen) atoms. The van der Waals surface area contributed by atoms with Gasteiger partial charge in [-0.1, -0.05) is 12.1 Å². The lowest BCUT2D eigenvalue weighted by atomic mass is 10.0. The van der Waals surface area contributed by atoms with Crippen LogP contribution in [0.3, 0.4) is 0 Å². The van der Waals surface area contributed by atoms with Gasteiger partial charge >= 0.3 is 0 Å². The Hall–Kier alpha value is -2.04. The molecule has 0 N–H and O–H groups in total. The van der Waals surface area contributed by atoms with Crippen molar-refractivity contribution in [3.8, 4) is 5.88 Å². The summed E-state index contributed by atoms with van der Waals surface area (Å²) < 4.78 is 34.4. The van der Waals surface area contributed by atoms with Crippen LogP contribution in [0.1, 0.15) is 35.5 Å². The van der Waals surface area contributed by atoms with E-state index >= 15 is 0 Å². The normalized spacial score (nSPS) is 14.9. The average Bonchev–Trinajstić information content (AvgIpc) is 3.26. The summed E-state index contributed by atoms with van der Waals surface area (Å²) in [5.74, 6) is -2.50. The number of alkyl halides is 2. The number of halogens is 2. The van der Waals surface area contributed by atoms with E-state index in [1.807, 2.05) is 0 Å². The maximum atomic E-state index is 14.4. The quantitative estimate of drug-likeness (QED) is 0.838. The van der Waals surface area contributed by atoms with Crippen LogP contribution in [-0.4, -0.2) is 16.1 Å². The van der Waals surface area contributed by atoms with Crippen LogP contribution in [0, 0.1) is 13.8 Å². The van der Waals surface area contributed by atoms with E-state index < -0.39 is 12.3 Å². The van der Waals surface area contributed by atoms with E-state index in [4.69, 9.17) is 4.74 Å². The largest absolute Gasteiger partial charge is 0.474 e. The van der Waals surface area contributed by atoms with Crippen molar-refractivity contribution in [3.05, 3.63) is 53.0 Å². The van der Waals surface area contributed by atoms with Gasteiger partial charge in [-0.3, -0.25) is 4.98 Å². The van der Waals surface area contributed by atoms with Crippen molar-refractivity contribution >= 4 is 0 Å². The fourth-order valence-electron chi connectivity index (χ4n) is 2.25. The highest BCUT2D eigenvalue weighted by atomic mass is 19.3. The number of hydrogen-bond donors (Lipinski definition) is 0. The highest BCUT2D eigenvalue weighted by Gasteiger charge is 2.34. The summed E-state index contributed by atoms with van der Waals surface area (Å²) in [6.07, 6.45) is 1.92. The molecule has 5 heteroatoms. The van der Waals surface area contributed by atoms with Crippen LogP contribution in [0.15, 0.2) is 30.3 Å². The Morgan fingerprint density at radius 1 is 1.14 bits per heavy atom. The Kier molecular flexibility index (Phi) is 3.81. The van der Waals surface area contributed by atoms with E-state index in [1.165, 1.54) is 6.07 Å². The summed E-state index contributed by atoms with van der Waals surface area (Å²) in [6, 6.07) is 8.00. The summed E-state index contributed by atoms with van der Waals surface area (Å²) in [5.41, 5.74) is 1.47. The first-order valence-corrected chi connectivity index (χ1v) is 7.39. The zero-order valence-corrected chi connectivity index (χ0v) is 12.6. The van der Waals surface area contributed by atoms with Crippen LogP contribution < -0.4 is 4.74 Å². The Bertz CT molecular complexity index is 684. The van der Waals surface area contributed by atoms with Crippen molar-refractivity contribution in [1.82, 2.24) is 9.97 Å². The van der Waals surface area contributed by atoms with Crippen LogP contribution in [-0.2, 0) is 12.3 Å². The second-order valence-corrected chi connectivity index (χ2v) is 5.76. The number of pyridine rings is 2. The molecule has 0 atom stereocenters. The van der Waals surface area contributed by atoms with Crippen LogP contribution in [0.5, 0.6) is 5.88 Å². The summed E-state index contributed by atoms with van der Waals surface area (Å²) in [5, 5.41) is 0. The Labute approximate surface area is 128 Å². The molecule has 0 amide bonds. The third-order valence-corrected chi connectivity index (χ3v) is 3.66. The number of nitrogens with zero attached hydrogens (tertiary/aromatic N) is 2. The molecular formula is C17H18F2N2O. The van der Waals surface area contributed by atoms with Crippen LogP contribution in [0.4, 0.5) is 8.78 Å². The number of hydrogen-bond acceptors (Lipinski definition) is 3. The average molecular weight is 304 g/mol. The molecule has 2 aromatic rings. The molecule has 0 bridgehead atoms. The topological polar surface area (TPSA) is 35.0 Å². The maximum Gasteiger partial charge on any atom is 0.293 e. The van der Waals surface area contributed by atoms with Crippen molar-refractivity contribution < 1.29 is 13.5 Å². The molecule has 1 aliphatic rings. The molecule has 3 rings (SSSR count). The van der Waals surface area contributed by atoms with E-state index in [0.717, 1.165) is 12.8 Å². The highest BCUT2D eigenvalue weighted by molar-refractivity contribution is 5.28.